The molecule has 0 saturated carbocycles. The molecule has 1 fully saturated rings. The van der Waals surface area contributed by atoms with Crippen LogP contribution < -0.4 is 18.9 Å². The molecule has 7 heteroatoms. The van der Waals surface area contributed by atoms with E-state index >= 15 is 0 Å². The van der Waals surface area contributed by atoms with Gasteiger partial charge in [0.2, 0.25) is 0 Å². The molecule has 2 N–H and O–H groups in total. The van der Waals surface area contributed by atoms with Gasteiger partial charge in [-0.3, -0.25) is 0 Å². The van der Waals surface area contributed by atoms with E-state index in [1.165, 1.54) is 0 Å². The van der Waals surface area contributed by atoms with Crippen molar-refractivity contribution in [3.05, 3.63) is 47.5 Å². The fourth-order valence-electron chi connectivity index (χ4n) is 4.81. The normalized spacial score (nSPS) is 23.0. The number of fused-ring (bicyclic) bond motifs is 2. The van der Waals surface area contributed by atoms with Crippen LogP contribution in [0.2, 0.25) is 0 Å². The van der Waals surface area contributed by atoms with Crippen LogP contribution in [-0.2, 0) is 0 Å². The van der Waals surface area contributed by atoms with E-state index in [0.29, 0.717) is 37.7 Å². The number of aliphatic hydroxyl groups excluding tert-OH is 2. The monoisotopic (exact) mass is 427 g/mol. The lowest BCUT2D eigenvalue weighted by Crippen LogP contribution is -2.51. The maximum atomic E-state index is 10.8. The van der Waals surface area contributed by atoms with E-state index in [0.717, 1.165) is 48.6 Å². The number of benzene rings is 2. The molecule has 0 aromatic heterocycles. The number of methoxy groups -OCH3 is 1. The molecule has 2 aromatic rings. The van der Waals surface area contributed by atoms with Crippen molar-refractivity contribution in [3.63, 3.8) is 0 Å². The zero-order valence-electron chi connectivity index (χ0n) is 17.8. The Morgan fingerprint density at radius 3 is 2.61 bits per heavy atom. The quantitative estimate of drug-likeness (QED) is 0.777. The molecule has 1 saturated heterocycles. The van der Waals surface area contributed by atoms with Crippen LogP contribution in [0.5, 0.6) is 23.0 Å². The van der Waals surface area contributed by atoms with Crippen molar-refractivity contribution in [1.82, 2.24) is 4.90 Å². The molecule has 2 aromatic carbocycles. The van der Waals surface area contributed by atoms with Gasteiger partial charge in [0.15, 0.2) is 11.5 Å². The predicted molar refractivity (Wildman–Crippen MR) is 114 cm³/mol. The van der Waals surface area contributed by atoms with E-state index < -0.39 is 12.2 Å². The van der Waals surface area contributed by atoms with E-state index in [1.807, 2.05) is 36.4 Å². The van der Waals surface area contributed by atoms with Crippen LogP contribution in [0.3, 0.4) is 0 Å². The average molecular weight is 427 g/mol. The van der Waals surface area contributed by atoms with E-state index in [9.17, 15) is 10.2 Å². The van der Waals surface area contributed by atoms with Gasteiger partial charge in [-0.1, -0.05) is 6.07 Å². The summed E-state index contributed by atoms with van der Waals surface area (Å²) in [6.07, 6.45) is 1.05. The number of hydrogen-bond donors (Lipinski definition) is 2. The van der Waals surface area contributed by atoms with Crippen LogP contribution >= 0.6 is 0 Å². The molecule has 166 valence electrons. The zero-order chi connectivity index (χ0) is 21.4. The standard InChI is InChI=1S/C24H29NO6/c1-28-17-3-4-18-19(26)14-24(31-22(18)13-17)6-8-25(9-7-24)15-20(27)16-2-5-21-23(12-16)30-11-10-29-21/h2-5,12-13,19-20,26-27H,6-11,14-15H2,1H3/t19-,20-/m1/s1. The van der Waals surface area contributed by atoms with Crippen LogP contribution in [-0.4, -0.2) is 60.7 Å². The largest absolute Gasteiger partial charge is 0.497 e. The molecule has 0 aliphatic carbocycles. The van der Waals surface area contributed by atoms with Crippen molar-refractivity contribution in [2.24, 2.45) is 0 Å². The first-order valence-corrected chi connectivity index (χ1v) is 10.9. The molecule has 3 aliphatic rings. The molecule has 0 unspecified atom stereocenters. The molecule has 2 atom stereocenters. The van der Waals surface area contributed by atoms with Crippen molar-refractivity contribution in [3.8, 4) is 23.0 Å². The molecule has 3 heterocycles. The summed E-state index contributed by atoms with van der Waals surface area (Å²) in [4.78, 5) is 2.25. The number of piperidine rings is 1. The number of nitrogens with zero attached hydrogens (tertiary/aromatic N) is 1. The Hall–Kier alpha value is -2.48. The predicted octanol–water partition coefficient (Wildman–Crippen LogP) is 2.85. The lowest BCUT2D eigenvalue weighted by molar-refractivity contribution is -0.0588. The van der Waals surface area contributed by atoms with Crippen LogP contribution in [0.1, 0.15) is 42.6 Å². The molecular formula is C24H29NO6. The third kappa shape index (κ3) is 4.05. The highest BCUT2D eigenvalue weighted by Gasteiger charge is 2.43. The van der Waals surface area contributed by atoms with Gasteiger partial charge in [-0.2, -0.15) is 0 Å². The number of likely N-dealkylation sites (tertiary alicyclic amines) is 1. The summed E-state index contributed by atoms with van der Waals surface area (Å²) in [7, 11) is 1.63. The molecule has 5 rings (SSSR count). The molecule has 1 spiro atoms. The molecule has 7 nitrogen and oxygen atoms in total. The van der Waals surface area contributed by atoms with Crippen LogP contribution in [0, 0.1) is 0 Å². The Bertz CT molecular complexity index is 940. The van der Waals surface area contributed by atoms with Crippen LogP contribution in [0.25, 0.3) is 0 Å². The Morgan fingerprint density at radius 1 is 1.06 bits per heavy atom. The lowest BCUT2D eigenvalue weighted by atomic mass is 9.81. The number of β-amino-alcohol motifs (C(OH)–C–C–N with tert-alkyl or cyclic N) is 1. The van der Waals surface area contributed by atoms with Gasteiger partial charge in [0.05, 0.1) is 19.3 Å². The van der Waals surface area contributed by atoms with Gasteiger partial charge in [-0.25, -0.2) is 0 Å². The van der Waals surface area contributed by atoms with Crippen LogP contribution in [0.4, 0.5) is 0 Å². The first-order chi connectivity index (χ1) is 15.0. The minimum absolute atomic E-state index is 0.378. The fourth-order valence-corrected chi connectivity index (χ4v) is 4.81. The maximum absolute atomic E-state index is 10.8. The van der Waals surface area contributed by atoms with Gasteiger partial charge in [-0.15, -0.1) is 0 Å². The molecule has 0 bridgehead atoms. The van der Waals surface area contributed by atoms with E-state index in [-0.39, 0.29) is 5.60 Å². The summed E-state index contributed by atoms with van der Waals surface area (Å²) in [5.74, 6) is 2.86. The molecule has 0 amide bonds. The Kier molecular flexibility index (Phi) is 5.42. The summed E-state index contributed by atoms with van der Waals surface area (Å²) in [6.45, 7) is 3.23. The molecule has 0 radical (unpaired) electrons. The average Bonchev–Trinajstić information content (AvgIpc) is 2.80. The highest BCUT2D eigenvalue weighted by Crippen LogP contribution is 2.45. The van der Waals surface area contributed by atoms with E-state index in [2.05, 4.69) is 4.90 Å². The summed E-state index contributed by atoms with van der Waals surface area (Å²) in [5, 5.41) is 21.5. The summed E-state index contributed by atoms with van der Waals surface area (Å²) >= 11 is 0. The Labute approximate surface area is 182 Å². The first kappa shape index (κ1) is 20.4. The van der Waals surface area contributed by atoms with Gasteiger partial charge < -0.3 is 34.1 Å². The van der Waals surface area contributed by atoms with Crippen molar-refractivity contribution in [2.75, 3.05) is 40.0 Å². The topological polar surface area (TPSA) is 80.6 Å². The third-order valence-corrected chi connectivity index (χ3v) is 6.62. The number of rotatable bonds is 4. The second-order valence-electron chi connectivity index (χ2n) is 8.63. The van der Waals surface area contributed by atoms with Crippen molar-refractivity contribution in [1.29, 1.82) is 0 Å². The Morgan fingerprint density at radius 2 is 1.84 bits per heavy atom. The van der Waals surface area contributed by atoms with Gasteiger partial charge in [0.25, 0.3) is 0 Å². The Balaban J connectivity index is 1.22. The maximum Gasteiger partial charge on any atom is 0.161 e. The highest BCUT2D eigenvalue weighted by molar-refractivity contribution is 5.45. The van der Waals surface area contributed by atoms with Gasteiger partial charge in [-0.05, 0) is 42.7 Å². The SMILES string of the molecule is COc1ccc2c(c1)OC1(CCN(C[C@@H](O)c3ccc4c(c3)OCCO4)CC1)C[C@H]2O. The van der Waals surface area contributed by atoms with Crippen molar-refractivity contribution < 1.29 is 29.2 Å². The summed E-state index contributed by atoms with van der Waals surface area (Å²) in [5.41, 5.74) is 1.27. The van der Waals surface area contributed by atoms with Crippen LogP contribution in [0.15, 0.2) is 36.4 Å². The number of aliphatic hydroxyl groups is 2. The van der Waals surface area contributed by atoms with Crippen molar-refractivity contribution >= 4 is 0 Å². The fraction of sp³-hybridized carbons (Fsp3) is 0.500. The number of ether oxygens (including phenoxy) is 4. The zero-order valence-corrected chi connectivity index (χ0v) is 17.8. The third-order valence-electron chi connectivity index (χ3n) is 6.62. The van der Waals surface area contributed by atoms with Gasteiger partial charge in [0, 0.05) is 37.7 Å². The molecule has 3 aliphatic heterocycles. The van der Waals surface area contributed by atoms with Crippen molar-refractivity contribution in [2.45, 2.75) is 37.1 Å². The van der Waals surface area contributed by atoms with E-state index in [4.69, 9.17) is 18.9 Å². The lowest BCUT2D eigenvalue weighted by Gasteiger charge is -2.46. The van der Waals surface area contributed by atoms with Gasteiger partial charge >= 0.3 is 0 Å². The second-order valence-corrected chi connectivity index (χ2v) is 8.63. The minimum Gasteiger partial charge on any atom is -0.497 e. The van der Waals surface area contributed by atoms with Gasteiger partial charge in [0.1, 0.15) is 30.3 Å². The number of hydrogen-bond acceptors (Lipinski definition) is 7. The minimum atomic E-state index is -0.604. The highest BCUT2D eigenvalue weighted by atomic mass is 16.6. The first-order valence-electron chi connectivity index (χ1n) is 10.9. The smallest absolute Gasteiger partial charge is 0.161 e. The summed E-state index contributed by atoms with van der Waals surface area (Å²) in [6, 6.07) is 11.2. The summed E-state index contributed by atoms with van der Waals surface area (Å²) < 4.78 is 22.9. The molecular weight excluding hydrogens is 398 g/mol. The second kappa shape index (κ2) is 8.22. The molecule has 31 heavy (non-hydrogen) atoms. The van der Waals surface area contributed by atoms with E-state index in [1.54, 1.807) is 7.11 Å².